The maximum absolute atomic E-state index is 2.24. The Labute approximate surface area is 88.8 Å². The molecule has 0 fully saturated rings. The van der Waals surface area contributed by atoms with E-state index >= 15 is 0 Å². The zero-order chi connectivity index (χ0) is 7.40. The van der Waals surface area contributed by atoms with Crippen LogP contribution in [0.5, 0.6) is 0 Å². The van der Waals surface area contributed by atoms with E-state index in [0.29, 0.717) is 0 Å². The average molecular weight is 265 g/mol. The van der Waals surface area contributed by atoms with E-state index in [4.69, 9.17) is 0 Å². The van der Waals surface area contributed by atoms with E-state index in [-0.39, 0.29) is 17.0 Å². The molecule has 0 atom stereocenters. The Morgan fingerprint density at radius 3 is 1.91 bits per heavy atom. The van der Waals surface area contributed by atoms with Gasteiger partial charge in [0, 0.05) is 0 Å². The molecule has 0 spiro atoms. The molecule has 0 saturated heterocycles. The van der Waals surface area contributed by atoms with Crippen LogP contribution in [0.3, 0.4) is 0 Å². The van der Waals surface area contributed by atoms with E-state index < -0.39 is 0 Å². The predicted molar refractivity (Wildman–Crippen MR) is 49.8 cm³/mol. The second kappa shape index (κ2) is 5.91. The molecule has 0 radical (unpaired) electrons. The first-order valence-electron chi connectivity index (χ1n) is 3.74. The van der Waals surface area contributed by atoms with Crippen LogP contribution in [0.2, 0.25) is 0 Å². The summed E-state index contributed by atoms with van der Waals surface area (Å²) in [7, 11) is 0. The average Bonchev–Trinajstić information content (AvgIpc) is 2.05. The van der Waals surface area contributed by atoms with Crippen molar-refractivity contribution in [3.8, 4) is 0 Å². The molecule has 0 bridgehead atoms. The molecule has 1 aromatic carbocycles. The molecule has 57 valence electrons. The molecule has 0 nitrogen and oxygen atoms in total. The van der Waals surface area contributed by atoms with Gasteiger partial charge in [-0.15, -0.1) is 17.0 Å². The summed E-state index contributed by atoms with van der Waals surface area (Å²) < 4.78 is 0. The van der Waals surface area contributed by atoms with Gasteiger partial charge in [-0.1, -0.05) is 0 Å². The minimum atomic E-state index is 0. The second-order valence-electron chi connectivity index (χ2n) is 2.42. The third-order valence-electron chi connectivity index (χ3n) is 1.72. The van der Waals surface area contributed by atoms with Crippen LogP contribution in [0, 0.1) is 0 Å². The van der Waals surface area contributed by atoms with Crippen molar-refractivity contribution in [1.82, 2.24) is 0 Å². The van der Waals surface area contributed by atoms with E-state index in [1.54, 1.807) is 0 Å². The van der Waals surface area contributed by atoms with Crippen LogP contribution in [-0.4, -0.2) is 0 Å². The number of benzene rings is 1. The zero-order valence-corrected chi connectivity index (χ0v) is 11.5. The summed E-state index contributed by atoms with van der Waals surface area (Å²) in [5.41, 5.74) is 2.93. The van der Waals surface area contributed by atoms with Gasteiger partial charge in [0.25, 0.3) is 0 Å². The summed E-state index contributed by atoms with van der Waals surface area (Å²) in [5.74, 6) is 0. The van der Waals surface area contributed by atoms with Crippen LogP contribution in [0.25, 0.3) is 0 Å². The van der Waals surface area contributed by atoms with Gasteiger partial charge in [-0.25, -0.2) is 0 Å². The molecule has 1 rings (SSSR count). The van der Waals surface area contributed by atoms with Gasteiger partial charge in [-0.3, -0.25) is 0 Å². The standard InChI is InChI=1S/C9H11.BrH.Zn/c1-3-9-6-4-8(2)5-7-9;;/h4-7H,2-3H2,1H3;1H;. The second-order valence-corrected chi connectivity index (χ2v) is 3.47. The first-order chi connectivity index (χ1) is 4.86. The van der Waals surface area contributed by atoms with Gasteiger partial charge >= 0.3 is 72.1 Å². The Balaban J connectivity index is 0.000001000. The summed E-state index contributed by atoms with van der Waals surface area (Å²) in [6.07, 6.45) is 1.15. The molecule has 0 unspecified atom stereocenters. The van der Waals surface area contributed by atoms with Crippen molar-refractivity contribution >= 4 is 17.0 Å². The number of halogens is 1. The Kier molecular flexibility index (Phi) is 6.08. The third kappa shape index (κ3) is 3.49. The molecule has 0 aromatic heterocycles. The van der Waals surface area contributed by atoms with Gasteiger partial charge in [0.15, 0.2) is 0 Å². The van der Waals surface area contributed by atoms with Crippen molar-refractivity contribution in [2.45, 2.75) is 18.4 Å². The van der Waals surface area contributed by atoms with Crippen molar-refractivity contribution in [3.05, 3.63) is 35.4 Å². The van der Waals surface area contributed by atoms with Crippen molar-refractivity contribution in [3.63, 3.8) is 0 Å². The third-order valence-corrected chi connectivity index (χ3v) is 2.93. The van der Waals surface area contributed by atoms with Gasteiger partial charge in [-0.2, -0.15) is 0 Å². The summed E-state index contributed by atoms with van der Waals surface area (Å²) in [6.45, 7) is 2.19. The molecular formula is C9H12BrZn. The molecule has 0 aliphatic heterocycles. The van der Waals surface area contributed by atoms with Crippen molar-refractivity contribution in [2.24, 2.45) is 0 Å². The number of aryl methyl sites for hydroxylation is 1. The molecule has 0 amide bonds. The van der Waals surface area contributed by atoms with Gasteiger partial charge in [0.05, 0.1) is 0 Å². The monoisotopic (exact) mass is 263 g/mol. The number of hydrogen-bond donors (Lipinski definition) is 0. The Morgan fingerprint density at radius 2 is 1.55 bits per heavy atom. The number of rotatable bonds is 2. The summed E-state index contributed by atoms with van der Waals surface area (Å²) in [6, 6.07) is 8.93. The molecule has 11 heavy (non-hydrogen) atoms. The fraction of sp³-hybridized carbons (Fsp3) is 0.333. The van der Waals surface area contributed by atoms with Gasteiger partial charge < -0.3 is 0 Å². The minimum absolute atomic E-state index is 0. The summed E-state index contributed by atoms with van der Waals surface area (Å²) >= 11 is 1.37. The normalized spacial score (nSPS) is 9.00. The maximum atomic E-state index is 2.24. The van der Waals surface area contributed by atoms with Crippen LogP contribution in [0.4, 0.5) is 0 Å². The molecule has 0 aliphatic rings. The Morgan fingerprint density at radius 1 is 1.09 bits per heavy atom. The van der Waals surface area contributed by atoms with Crippen LogP contribution < -0.4 is 0 Å². The fourth-order valence-electron chi connectivity index (χ4n) is 0.942. The number of hydrogen-bond acceptors (Lipinski definition) is 0. The van der Waals surface area contributed by atoms with Crippen LogP contribution in [0.1, 0.15) is 18.1 Å². The van der Waals surface area contributed by atoms with Gasteiger partial charge in [-0.05, 0) is 0 Å². The van der Waals surface area contributed by atoms with E-state index in [1.165, 1.54) is 34.4 Å². The topological polar surface area (TPSA) is 0 Å². The van der Waals surface area contributed by atoms with Crippen LogP contribution in [0.15, 0.2) is 24.3 Å². The van der Waals surface area contributed by atoms with Crippen LogP contribution in [-0.2, 0) is 29.7 Å². The summed E-state index contributed by atoms with van der Waals surface area (Å²) in [5, 5.41) is 1.27. The van der Waals surface area contributed by atoms with Crippen molar-refractivity contribution in [2.75, 3.05) is 0 Å². The predicted octanol–water partition coefficient (Wildman–Crippen LogP) is 2.87. The van der Waals surface area contributed by atoms with E-state index in [2.05, 4.69) is 31.2 Å². The van der Waals surface area contributed by atoms with Crippen molar-refractivity contribution < 1.29 is 18.3 Å². The molecule has 0 N–H and O–H groups in total. The molecule has 0 heterocycles. The molecule has 1 aromatic rings. The van der Waals surface area contributed by atoms with Crippen molar-refractivity contribution in [1.29, 1.82) is 0 Å². The van der Waals surface area contributed by atoms with E-state index in [9.17, 15) is 0 Å². The quantitative estimate of drug-likeness (QED) is 0.721. The van der Waals surface area contributed by atoms with E-state index in [1.807, 2.05) is 0 Å². The van der Waals surface area contributed by atoms with Gasteiger partial charge in [0.1, 0.15) is 0 Å². The zero-order valence-electron chi connectivity index (χ0n) is 6.84. The molecule has 0 saturated carbocycles. The molecule has 2 heteroatoms. The Bertz CT molecular complexity index is 170. The Hall–Kier alpha value is 0.323. The fourth-order valence-corrected chi connectivity index (χ4v) is 1.64. The van der Waals surface area contributed by atoms with Crippen LogP contribution >= 0.6 is 17.0 Å². The van der Waals surface area contributed by atoms with Gasteiger partial charge in [0.2, 0.25) is 0 Å². The first-order valence-corrected chi connectivity index (χ1v) is 5.83. The molecule has 0 aliphatic carbocycles. The SMILES string of the molecule is Br.CCc1ccc([CH2][Zn])cc1. The van der Waals surface area contributed by atoms with E-state index in [0.717, 1.165) is 6.42 Å². The first kappa shape index (κ1) is 11.3. The molecular weight excluding hydrogens is 253 g/mol. The summed E-state index contributed by atoms with van der Waals surface area (Å²) in [4.78, 5) is 0.